The molecule has 0 aliphatic rings. The quantitative estimate of drug-likeness (QED) is 0.609. The average Bonchev–Trinajstić information content (AvgIpc) is 3.03. The number of nitrogens with two attached hydrogens (primary N) is 1. The van der Waals surface area contributed by atoms with Crippen LogP contribution in [0.25, 0.3) is 22.6 Å². The average molecular weight is 351 g/mol. The Labute approximate surface area is 147 Å². The maximum atomic E-state index is 13.5. The van der Waals surface area contributed by atoms with Gasteiger partial charge in [-0.3, -0.25) is 9.36 Å². The number of rotatable bonds is 3. The van der Waals surface area contributed by atoms with Crippen molar-refractivity contribution in [3.05, 3.63) is 70.1 Å². The Bertz CT molecular complexity index is 1180. The molecule has 0 fully saturated rings. The minimum Gasteiger partial charge on any atom is -0.460 e. The zero-order valence-electron chi connectivity index (χ0n) is 13.8. The molecule has 4 aromatic rings. The molecule has 0 aliphatic carbocycles. The first-order chi connectivity index (χ1) is 12.5. The van der Waals surface area contributed by atoms with Crippen molar-refractivity contribution >= 4 is 17.1 Å². The lowest BCUT2D eigenvalue weighted by Crippen LogP contribution is -2.22. The molecule has 26 heavy (non-hydrogen) atoms. The first-order valence-corrected chi connectivity index (χ1v) is 7.85. The third kappa shape index (κ3) is 2.81. The molecule has 7 nitrogen and oxygen atoms in total. The Balaban J connectivity index is 1.95. The summed E-state index contributed by atoms with van der Waals surface area (Å²) in [6.45, 7) is 1.94. The van der Waals surface area contributed by atoms with Gasteiger partial charge in [0.2, 0.25) is 5.95 Å². The highest BCUT2D eigenvalue weighted by Gasteiger charge is 2.17. The number of fused-ring (bicyclic) bond motifs is 1. The van der Waals surface area contributed by atoms with Crippen molar-refractivity contribution in [3.63, 3.8) is 0 Å². The lowest BCUT2D eigenvalue weighted by atomic mass is 10.2. The molecule has 0 unspecified atom stereocenters. The van der Waals surface area contributed by atoms with Crippen molar-refractivity contribution in [2.45, 2.75) is 13.5 Å². The molecule has 0 saturated heterocycles. The van der Waals surface area contributed by atoms with Crippen molar-refractivity contribution in [1.29, 1.82) is 0 Å². The zero-order valence-corrected chi connectivity index (χ0v) is 13.8. The number of nitrogens with zero attached hydrogens (tertiary/aromatic N) is 4. The van der Waals surface area contributed by atoms with E-state index in [-0.39, 0.29) is 29.5 Å². The Morgan fingerprint density at radius 1 is 1.23 bits per heavy atom. The highest BCUT2D eigenvalue weighted by atomic mass is 19.1. The van der Waals surface area contributed by atoms with Gasteiger partial charge in [-0.1, -0.05) is 12.1 Å². The third-order valence-electron chi connectivity index (χ3n) is 3.91. The van der Waals surface area contributed by atoms with Gasteiger partial charge in [0.25, 0.3) is 5.56 Å². The van der Waals surface area contributed by atoms with Crippen LogP contribution in [0.4, 0.5) is 10.3 Å². The molecule has 8 heteroatoms. The van der Waals surface area contributed by atoms with E-state index in [1.807, 2.05) is 6.92 Å². The van der Waals surface area contributed by atoms with E-state index in [0.29, 0.717) is 28.3 Å². The van der Waals surface area contributed by atoms with Crippen LogP contribution in [0.2, 0.25) is 0 Å². The van der Waals surface area contributed by atoms with Gasteiger partial charge in [0, 0.05) is 0 Å². The van der Waals surface area contributed by atoms with Gasteiger partial charge < -0.3 is 10.2 Å². The van der Waals surface area contributed by atoms with E-state index >= 15 is 0 Å². The standard InChI is InChI=1S/C18H14FN5O2/c1-10-5-6-13(26-10)15-16-17(23-18(20)22-15)24(14(25)8-21-16)9-11-3-2-4-12(19)7-11/h2-8H,9H2,1H3,(H2,20,22,23). The summed E-state index contributed by atoms with van der Waals surface area (Å²) < 4.78 is 20.5. The normalized spacial score (nSPS) is 11.2. The second kappa shape index (κ2) is 6.07. The Morgan fingerprint density at radius 3 is 2.81 bits per heavy atom. The predicted molar refractivity (Wildman–Crippen MR) is 93.9 cm³/mol. The number of hydrogen-bond acceptors (Lipinski definition) is 6. The van der Waals surface area contributed by atoms with Crippen molar-refractivity contribution in [3.8, 4) is 11.5 Å². The van der Waals surface area contributed by atoms with Gasteiger partial charge >= 0.3 is 0 Å². The zero-order chi connectivity index (χ0) is 18.3. The number of aromatic nitrogens is 4. The van der Waals surface area contributed by atoms with Gasteiger partial charge in [0.15, 0.2) is 11.4 Å². The summed E-state index contributed by atoms with van der Waals surface area (Å²) in [5.74, 6) is 0.792. The summed E-state index contributed by atoms with van der Waals surface area (Å²) in [5, 5.41) is 0. The van der Waals surface area contributed by atoms with Gasteiger partial charge in [-0.15, -0.1) is 0 Å². The van der Waals surface area contributed by atoms with Crippen LogP contribution in [-0.4, -0.2) is 19.5 Å². The lowest BCUT2D eigenvalue weighted by molar-refractivity contribution is 0.547. The topological polar surface area (TPSA) is 99.8 Å². The highest BCUT2D eigenvalue weighted by Crippen LogP contribution is 2.26. The second-order valence-corrected chi connectivity index (χ2v) is 5.83. The van der Waals surface area contributed by atoms with Crippen LogP contribution in [0.1, 0.15) is 11.3 Å². The van der Waals surface area contributed by atoms with Gasteiger partial charge in [0.05, 0.1) is 12.7 Å². The van der Waals surface area contributed by atoms with Gasteiger partial charge in [-0.25, -0.2) is 14.4 Å². The molecule has 3 aromatic heterocycles. The smallest absolute Gasteiger partial charge is 0.270 e. The van der Waals surface area contributed by atoms with E-state index < -0.39 is 0 Å². The van der Waals surface area contributed by atoms with Gasteiger partial charge in [0.1, 0.15) is 22.8 Å². The van der Waals surface area contributed by atoms with E-state index in [9.17, 15) is 9.18 Å². The fourth-order valence-electron chi connectivity index (χ4n) is 2.77. The van der Waals surface area contributed by atoms with Crippen LogP contribution in [-0.2, 0) is 6.54 Å². The molecule has 0 saturated carbocycles. The monoisotopic (exact) mass is 351 g/mol. The van der Waals surface area contributed by atoms with Crippen LogP contribution >= 0.6 is 0 Å². The van der Waals surface area contributed by atoms with E-state index in [1.54, 1.807) is 24.3 Å². The highest BCUT2D eigenvalue weighted by molar-refractivity contribution is 5.86. The van der Waals surface area contributed by atoms with E-state index in [4.69, 9.17) is 10.2 Å². The summed E-state index contributed by atoms with van der Waals surface area (Å²) in [6, 6.07) is 9.56. The van der Waals surface area contributed by atoms with E-state index in [2.05, 4.69) is 15.0 Å². The summed E-state index contributed by atoms with van der Waals surface area (Å²) in [7, 11) is 0. The van der Waals surface area contributed by atoms with Crippen molar-refractivity contribution in [2.75, 3.05) is 5.73 Å². The van der Waals surface area contributed by atoms with Crippen LogP contribution in [0.3, 0.4) is 0 Å². The van der Waals surface area contributed by atoms with Crippen LogP contribution in [0.5, 0.6) is 0 Å². The Morgan fingerprint density at radius 2 is 2.08 bits per heavy atom. The van der Waals surface area contributed by atoms with Crippen molar-refractivity contribution < 1.29 is 8.81 Å². The van der Waals surface area contributed by atoms with E-state index in [0.717, 1.165) is 0 Å². The SMILES string of the molecule is Cc1ccc(-c2nc(N)nc3c2ncc(=O)n3Cc2cccc(F)c2)o1. The lowest BCUT2D eigenvalue weighted by Gasteiger charge is -2.11. The molecule has 0 aliphatic heterocycles. The molecule has 0 radical (unpaired) electrons. The summed E-state index contributed by atoms with van der Waals surface area (Å²) in [6.07, 6.45) is 1.18. The number of anilines is 1. The van der Waals surface area contributed by atoms with Crippen molar-refractivity contribution in [1.82, 2.24) is 19.5 Å². The third-order valence-corrected chi connectivity index (χ3v) is 3.91. The van der Waals surface area contributed by atoms with Crippen LogP contribution < -0.4 is 11.3 Å². The molecule has 0 atom stereocenters. The summed E-state index contributed by atoms with van der Waals surface area (Å²) >= 11 is 0. The maximum Gasteiger partial charge on any atom is 0.270 e. The molecule has 1 aromatic carbocycles. The molecule has 4 rings (SSSR count). The molecular weight excluding hydrogens is 337 g/mol. The Hall–Kier alpha value is -3.55. The molecule has 130 valence electrons. The number of nitrogen functional groups attached to an aromatic ring is 1. The van der Waals surface area contributed by atoms with Crippen LogP contribution in [0.15, 0.2) is 51.8 Å². The second-order valence-electron chi connectivity index (χ2n) is 5.83. The van der Waals surface area contributed by atoms with Gasteiger partial charge in [-0.05, 0) is 36.8 Å². The fourth-order valence-corrected chi connectivity index (χ4v) is 2.77. The molecule has 0 spiro atoms. The molecule has 3 heterocycles. The fraction of sp³-hybridized carbons (Fsp3) is 0.111. The number of furan rings is 1. The first kappa shape index (κ1) is 15.9. The molecule has 2 N–H and O–H groups in total. The van der Waals surface area contributed by atoms with E-state index in [1.165, 1.54) is 22.9 Å². The number of hydrogen-bond donors (Lipinski definition) is 1. The molecule has 0 bridgehead atoms. The Kier molecular flexibility index (Phi) is 3.72. The predicted octanol–water partition coefficient (Wildman–Crippen LogP) is 2.52. The molecular formula is C18H14FN5O2. The number of benzene rings is 1. The number of halogens is 1. The number of aryl methyl sites for hydroxylation is 1. The summed E-state index contributed by atoms with van der Waals surface area (Å²) in [4.78, 5) is 24.9. The molecule has 0 amide bonds. The first-order valence-electron chi connectivity index (χ1n) is 7.85. The maximum absolute atomic E-state index is 13.5. The van der Waals surface area contributed by atoms with Crippen LogP contribution in [0, 0.1) is 12.7 Å². The minimum absolute atomic E-state index is 0.0121. The summed E-state index contributed by atoms with van der Waals surface area (Å²) in [5.41, 5.74) is 7.12. The largest absolute Gasteiger partial charge is 0.460 e. The van der Waals surface area contributed by atoms with Crippen molar-refractivity contribution in [2.24, 2.45) is 0 Å². The minimum atomic E-state index is -0.380. The van der Waals surface area contributed by atoms with Gasteiger partial charge in [-0.2, -0.15) is 4.98 Å².